The molecule has 0 atom stereocenters. The van der Waals surface area contributed by atoms with Crippen LogP contribution in [0.25, 0.3) is 10.4 Å². The van der Waals surface area contributed by atoms with Gasteiger partial charge in [-0.1, -0.05) is 89.6 Å². The van der Waals surface area contributed by atoms with E-state index < -0.39 is 0 Å². The molecule has 0 aliphatic heterocycles. The summed E-state index contributed by atoms with van der Waals surface area (Å²) in [6.07, 6.45) is 17.0. The van der Waals surface area contributed by atoms with E-state index in [1.807, 2.05) is 0 Å². The lowest BCUT2D eigenvalue weighted by molar-refractivity contribution is 0.558. The highest BCUT2D eigenvalue weighted by molar-refractivity contribution is 6.17. The molecule has 0 rings (SSSR count). The van der Waals surface area contributed by atoms with Gasteiger partial charge in [0.15, 0.2) is 0 Å². The Labute approximate surface area is 137 Å². The molecule has 0 unspecified atom stereocenters. The van der Waals surface area contributed by atoms with Gasteiger partial charge in [-0.05, 0) is 18.4 Å². The molecule has 21 heavy (non-hydrogen) atoms. The zero-order valence-electron chi connectivity index (χ0n) is 14.3. The predicted octanol–water partition coefficient (Wildman–Crippen LogP) is 7.63. The summed E-state index contributed by atoms with van der Waals surface area (Å²) in [4.78, 5) is 2.74. The van der Waals surface area contributed by atoms with Crippen LogP contribution in [-0.4, -0.2) is 12.4 Å². The van der Waals surface area contributed by atoms with E-state index in [4.69, 9.17) is 17.1 Å². The molecule has 0 aliphatic carbocycles. The monoisotopic (exact) mass is 317 g/mol. The fourth-order valence-corrected chi connectivity index (χ4v) is 2.25. The van der Waals surface area contributed by atoms with Gasteiger partial charge < -0.3 is 0 Å². The smallest absolute Gasteiger partial charge is 0.0257 e. The van der Waals surface area contributed by atoms with Gasteiger partial charge in [-0.25, -0.2) is 0 Å². The Hall–Kier alpha value is -0.400. The molecule has 126 valence electrons. The summed E-state index contributed by atoms with van der Waals surface area (Å²) in [6, 6.07) is 0. The average molecular weight is 318 g/mol. The summed E-state index contributed by atoms with van der Waals surface area (Å²) in [5.41, 5.74) is 8.07. The molecule has 0 saturated heterocycles. The van der Waals surface area contributed by atoms with Gasteiger partial charge in [0.1, 0.15) is 0 Å². The Morgan fingerprint density at radius 1 is 0.714 bits per heavy atom. The molecule has 0 saturated carbocycles. The fraction of sp³-hybridized carbons (Fsp3) is 1.00. The van der Waals surface area contributed by atoms with Gasteiger partial charge in [0, 0.05) is 17.3 Å². The van der Waals surface area contributed by atoms with Crippen LogP contribution in [0.4, 0.5) is 0 Å². The maximum atomic E-state index is 8.07. The van der Waals surface area contributed by atoms with Crippen molar-refractivity contribution in [3.05, 3.63) is 10.4 Å². The second-order valence-corrected chi connectivity index (χ2v) is 5.91. The lowest BCUT2D eigenvalue weighted by Gasteiger charge is -2.00. The van der Waals surface area contributed by atoms with Crippen molar-refractivity contribution in [2.45, 2.75) is 97.3 Å². The van der Waals surface area contributed by atoms with Crippen molar-refractivity contribution in [2.24, 2.45) is 5.11 Å². The van der Waals surface area contributed by atoms with E-state index in [2.05, 4.69) is 23.9 Å². The molecule has 0 aliphatic rings. The van der Waals surface area contributed by atoms with Gasteiger partial charge in [-0.2, -0.15) is 0 Å². The molecule has 0 radical (unpaired) electrons. The van der Waals surface area contributed by atoms with Crippen LogP contribution < -0.4 is 0 Å². The Morgan fingerprint density at radius 3 is 1.52 bits per heavy atom. The first-order chi connectivity index (χ1) is 10.3. The third-order valence-electron chi connectivity index (χ3n) is 3.41. The standard InChI is InChI=1S/C12H25N3.C5H11Cl/c1-2-3-4-5-6-7-8-9-10-11-12-14-15-13;1-2-3-4-5-6/h2-12H2,1H3;2-5H2,1H3. The largest absolute Gasteiger partial charge is 0.127 e. The molecule has 0 aromatic rings. The lowest BCUT2D eigenvalue weighted by atomic mass is 10.1. The van der Waals surface area contributed by atoms with E-state index >= 15 is 0 Å². The molecule has 0 amide bonds. The molecule has 4 heteroatoms. The fourth-order valence-electron chi connectivity index (χ4n) is 2.06. The van der Waals surface area contributed by atoms with E-state index in [0.29, 0.717) is 6.54 Å². The van der Waals surface area contributed by atoms with Crippen LogP contribution in [0, 0.1) is 0 Å². The van der Waals surface area contributed by atoms with Crippen molar-refractivity contribution >= 4 is 11.6 Å². The Kier molecular flexibility index (Phi) is 26.8. The number of rotatable bonds is 14. The van der Waals surface area contributed by atoms with Crippen molar-refractivity contribution in [3.8, 4) is 0 Å². The van der Waals surface area contributed by atoms with E-state index in [9.17, 15) is 0 Å². The quantitative estimate of drug-likeness (QED) is 0.104. The van der Waals surface area contributed by atoms with E-state index in [1.165, 1.54) is 77.0 Å². The molecule has 3 nitrogen and oxygen atoms in total. The Morgan fingerprint density at radius 2 is 1.14 bits per heavy atom. The van der Waals surface area contributed by atoms with E-state index in [0.717, 1.165) is 12.3 Å². The topological polar surface area (TPSA) is 48.8 Å². The first-order valence-electron chi connectivity index (χ1n) is 8.90. The van der Waals surface area contributed by atoms with Crippen LogP contribution in [0.5, 0.6) is 0 Å². The zero-order chi connectivity index (χ0) is 16.0. The van der Waals surface area contributed by atoms with Crippen LogP contribution in [0.15, 0.2) is 5.11 Å². The average Bonchev–Trinajstić information content (AvgIpc) is 2.51. The van der Waals surface area contributed by atoms with Crippen LogP contribution in [0.1, 0.15) is 97.3 Å². The second-order valence-electron chi connectivity index (χ2n) is 5.53. The SMILES string of the molecule is CCCCCCCCCCCCN=[N+]=[N-].CCCCCCl. The molecule has 0 aromatic heterocycles. The lowest BCUT2D eigenvalue weighted by Crippen LogP contribution is -1.83. The maximum Gasteiger partial charge on any atom is 0.0257 e. The van der Waals surface area contributed by atoms with Crippen LogP contribution in [0.3, 0.4) is 0 Å². The van der Waals surface area contributed by atoms with E-state index in [-0.39, 0.29) is 0 Å². The number of halogens is 1. The molecule has 0 heterocycles. The summed E-state index contributed by atoms with van der Waals surface area (Å²) in [6.45, 7) is 5.10. The van der Waals surface area contributed by atoms with Gasteiger partial charge in [0.2, 0.25) is 0 Å². The molecule has 0 fully saturated rings. The number of nitrogens with zero attached hydrogens (tertiary/aromatic N) is 3. The van der Waals surface area contributed by atoms with Crippen LogP contribution in [0.2, 0.25) is 0 Å². The Bertz CT molecular complexity index is 212. The molecule has 0 N–H and O–H groups in total. The van der Waals surface area contributed by atoms with Crippen molar-refractivity contribution in [2.75, 3.05) is 12.4 Å². The summed E-state index contributed by atoms with van der Waals surface area (Å²) < 4.78 is 0. The number of alkyl halides is 1. The van der Waals surface area contributed by atoms with Gasteiger partial charge in [-0.15, -0.1) is 11.6 Å². The molecular weight excluding hydrogens is 282 g/mol. The number of hydrogen-bond donors (Lipinski definition) is 0. The number of hydrogen-bond acceptors (Lipinski definition) is 1. The van der Waals surface area contributed by atoms with Crippen molar-refractivity contribution in [1.82, 2.24) is 0 Å². The summed E-state index contributed by atoms with van der Waals surface area (Å²) in [5.74, 6) is 0.827. The summed E-state index contributed by atoms with van der Waals surface area (Å²) >= 11 is 5.38. The minimum atomic E-state index is 0.674. The van der Waals surface area contributed by atoms with Crippen molar-refractivity contribution in [1.29, 1.82) is 0 Å². The summed E-state index contributed by atoms with van der Waals surface area (Å²) in [5, 5.41) is 3.52. The number of azide groups is 1. The highest BCUT2D eigenvalue weighted by Gasteiger charge is 1.91. The molecule has 0 bridgehead atoms. The highest BCUT2D eigenvalue weighted by Crippen LogP contribution is 2.10. The van der Waals surface area contributed by atoms with Gasteiger partial charge in [0.25, 0.3) is 0 Å². The molecular formula is C17H36ClN3. The minimum absolute atomic E-state index is 0.674. The minimum Gasteiger partial charge on any atom is -0.127 e. The van der Waals surface area contributed by atoms with Gasteiger partial charge in [-0.3, -0.25) is 0 Å². The van der Waals surface area contributed by atoms with E-state index in [1.54, 1.807) is 0 Å². The first-order valence-corrected chi connectivity index (χ1v) is 9.43. The van der Waals surface area contributed by atoms with Crippen molar-refractivity contribution in [3.63, 3.8) is 0 Å². The Balaban J connectivity index is 0. The van der Waals surface area contributed by atoms with Gasteiger partial charge in [0.05, 0.1) is 0 Å². The van der Waals surface area contributed by atoms with Crippen LogP contribution in [-0.2, 0) is 0 Å². The summed E-state index contributed by atoms with van der Waals surface area (Å²) in [7, 11) is 0. The predicted molar refractivity (Wildman–Crippen MR) is 96.1 cm³/mol. The second kappa shape index (κ2) is 24.6. The highest BCUT2D eigenvalue weighted by atomic mass is 35.5. The normalized spacial score (nSPS) is 9.67. The van der Waals surface area contributed by atoms with Crippen LogP contribution >= 0.6 is 11.6 Å². The third kappa shape index (κ3) is 28.5. The van der Waals surface area contributed by atoms with Gasteiger partial charge >= 0.3 is 0 Å². The van der Waals surface area contributed by atoms with Crippen molar-refractivity contribution < 1.29 is 0 Å². The molecule has 0 aromatic carbocycles. The molecule has 0 spiro atoms. The zero-order valence-corrected chi connectivity index (χ0v) is 15.1. The maximum absolute atomic E-state index is 8.07. The third-order valence-corrected chi connectivity index (χ3v) is 3.68. The first kappa shape index (κ1) is 22.9. The number of unbranched alkanes of at least 4 members (excludes halogenated alkanes) is 11.